The van der Waals surface area contributed by atoms with Crippen LogP contribution in [0.4, 0.5) is 0 Å². The van der Waals surface area contributed by atoms with Crippen molar-refractivity contribution in [3.63, 3.8) is 0 Å². The van der Waals surface area contributed by atoms with Crippen molar-refractivity contribution in [1.29, 1.82) is 5.26 Å². The maximum Gasteiger partial charge on any atom is 0.263 e. The second kappa shape index (κ2) is 3.76. The minimum atomic E-state index is -0.571. The van der Waals surface area contributed by atoms with Gasteiger partial charge in [-0.15, -0.1) is 11.3 Å². The lowest BCUT2D eigenvalue weighted by molar-refractivity contribution is 0.0945. The standard InChI is InChI=1S/C10H9IN2OS/c1-6-4-15-8(7(6)11)9(14)13-10(5-12)2-3-10/h4H,2-3H2,1H3,(H,13,14). The molecule has 3 nitrogen and oxygen atoms in total. The van der Waals surface area contributed by atoms with E-state index in [9.17, 15) is 4.79 Å². The van der Waals surface area contributed by atoms with Crippen LogP contribution in [0, 0.1) is 21.8 Å². The van der Waals surface area contributed by atoms with Crippen LogP contribution in [0.2, 0.25) is 0 Å². The van der Waals surface area contributed by atoms with E-state index in [-0.39, 0.29) is 5.91 Å². The van der Waals surface area contributed by atoms with Gasteiger partial charge in [0.15, 0.2) is 0 Å². The predicted molar refractivity (Wildman–Crippen MR) is 66.8 cm³/mol. The van der Waals surface area contributed by atoms with Crippen LogP contribution in [-0.2, 0) is 0 Å². The second-order valence-corrected chi connectivity index (χ2v) is 5.67. The summed E-state index contributed by atoms with van der Waals surface area (Å²) >= 11 is 3.60. The van der Waals surface area contributed by atoms with Gasteiger partial charge >= 0.3 is 0 Å². The Balaban J connectivity index is 2.16. The zero-order chi connectivity index (χ0) is 11.1. The van der Waals surface area contributed by atoms with Gasteiger partial charge in [0.25, 0.3) is 5.91 Å². The van der Waals surface area contributed by atoms with Crippen LogP contribution in [0.25, 0.3) is 0 Å². The molecule has 1 N–H and O–H groups in total. The summed E-state index contributed by atoms with van der Waals surface area (Å²) in [6.07, 6.45) is 1.55. The maximum absolute atomic E-state index is 11.8. The molecule has 0 spiro atoms. The van der Waals surface area contributed by atoms with Crippen molar-refractivity contribution in [3.8, 4) is 6.07 Å². The molecule has 0 aliphatic heterocycles. The molecule has 2 rings (SSSR count). The molecular weight excluding hydrogens is 323 g/mol. The first-order valence-electron chi connectivity index (χ1n) is 4.55. The van der Waals surface area contributed by atoms with Crippen molar-refractivity contribution in [2.24, 2.45) is 0 Å². The molecule has 0 unspecified atom stereocenters. The number of halogens is 1. The zero-order valence-electron chi connectivity index (χ0n) is 8.13. The first-order valence-corrected chi connectivity index (χ1v) is 6.51. The van der Waals surface area contributed by atoms with E-state index < -0.39 is 5.54 Å². The molecule has 5 heteroatoms. The smallest absolute Gasteiger partial charge is 0.263 e. The van der Waals surface area contributed by atoms with E-state index in [0.717, 1.165) is 26.9 Å². The van der Waals surface area contributed by atoms with Crippen molar-refractivity contribution >= 4 is 39.8 Å². The lowest BCUT2D eigenvalue weighted by Gasteiger charge is -2.07. The Morgan fingerprint density at radius 1 is 1.73 bits per heavy atom. The van der Waals surface area contributed by atoms with Crippen LogP contribution in [-0.4, -0.2) is 11.4 Å². The monoisotopic (exact) mass is 332 g/mol. The van der Waals surface area contributed by atoms with Gasteiger partial charge in [-0.05, 0) is 53.3 Å². The van der Waals surface area contributed by atoms with Crippen LogP contribution >= 0.6 is 33.9 Å². The third-order valence-corrected chi connectivity index (χ3v) is 5.27. The molecule has 0 bridgehead atoms. The van der Waals surface area contributed by atoms with Gasteiger partial charge < -0.3 is 5.32 Å². The molecule has 0 radical (unpaired) electrons. The molecule has 0 atom stereocenters. The first kappa shape index (κ1) is 10.9. The van der Waals surface area contributed by atoms with E-state index in [4.69, 9.17) is 5.26 Å². The summed E-state index contributed by atoms with van der Waals surface area (Å²) in [6, 6.07) is 2.15. The third-order valence-electron chi connectivity index (χ3n) is 2.42. The van der Waals surface area contributed by atoms with E-state index in [2.05, 4.69) is 34.0 Å². The average Bonchev–Trinajstić information content (AvgIpc) is 2.90. The SMILES string of the molecule is Cc1csc(C(=O)NC2(C#N)CC2)c1I. The number of nitrogens with zero attached hydrogens (tertiary/aromatic N) is 1. The van der Waals surface area contributed by atoms with Gasteiger partial charge in [-0.3, -0.25) is 4.79 Å². The maximum atomic E-state index is 11.8. The number of nitriles is 1. The summed E-state index contributed by atoms with van der Waals surface area (Å²) in [5.74, 6) is -0.114. The van der Waals surface area contributed by atoms with Gasteiger partial charge in [0.1, 0.15) is 10.4 Å². The normalized spacial score (nSPS) is 16.9. The van der Waals surface area contributed by atoms with E-state index in [1.165, 1.54) is 11.3 Å². The summed E-state index contributed by atoms with van der Waals surface area (Å²) < 4.78 is 0.990. The lowest BCUT2D eigenvalue weighted by Crippen LogP contribution is -2.35. The highest BCUT2D eigenvalue weighted by Gasteiger charge is 2.45. The Bertz CT molecular complexity index is 456. The van der Waals surface area contributed by atoms with Gasteiger partial charge in [-0.2, -0.15) is 5.26 Å². The minimum Gasteiger partial charge on any atom is -0.333 e. The molecular formula is C10H9IN2OS. The van der Waals surface area contributed by atoms with Crippen molar-refractivity contribution in [2.75, 3.05) is 0 Å². The average molecular weight is 332 g/mol. The van der Waals surface area contributed by atoms with Crippen molar-refractivity contribution < 1.29 is 4.79 Å². The molecule has 1 aromatic heterocycles. The van der Waals surface area contributed by atoms with E-state index in [1.54, 1.807) is 0 Å². The third kappa shape index (κ3) is 2.01. The first-order chi connectivity index (χ1) is 7.08. The summed E-state index contributed by atoms with van der Waals surface area (Å²) in [5, 5.41) is 13.6. The van der Waals surface area contributed by atoms with Crippen LogP contribution in [0.5, 0.6) is 0 Å². The summed E-state index contributed by atoms with van der Waals surface area (Å²) in [7, 11) is 0. The van der Waals surface area contributed by atoms with E-state index >= 15 is 0 Å². The van der Waals surface area contributed by atoms with E-state index in [0.29, 0.717) is 0 Å². The highest BCUT2D eigenvalue weighted by molar-refractivity contribution is 14.1. The number of thiophene rings is 1. The molecule has 78 valence electrons. The topological polar surface area (TPSA) is 52.9 Å². The van der Waals surface area contributed by atoms with Crippen molar-refractivity contribution in [2.45, 2.75) is 25.3 Å². The van der Waals surface area contributed by atoms with Gasteiger partial charge in [-0.25, -0.2) is 0 Å². The molecule has 1 aromatic rings. The molecule has 1 aliphatic carbocycles. The van der Waals surface area contributed by atoms with Gasteiger partial charge in [0.05, 0.1) is 6.07 Å². The molecule has 1 aliphatic rings. The van der Waals surface area contributed by atoms with Crippen LogP contribution < -0.4 is 5.32 Å². The molecule has 1 fully saturated rings. The van der Waals surface area contributed by atoms with Gasteiger partial charge in [-0.1, -0.05) is 0 Å². The highest BCUT2D eigenvalue weighted by Crippen LogP contribution is 2.35. The summed E-state index contributed by atoms with van der Waals surface area (Å²) in [5.41, 5.74) is 0.547. The zero-order valence-corrected chi connectivity index (χ0v) is 11.1. The highest BCUT2D eigenvalue weighted by atomic mass is 127. The van der Waals surface area contributed by atoms with Gasteiger partial charge in [0, 0.05) is 3.57 Å². The number of nitrogens with one attached hydrogen (secondary N) is 1. The Hall–Kier alpha value is -0.610. The lowest BCUT2D eigenvalue weighted by atomic mass is 10.3. The molecule has 0 saturated heterocycles. The largest absolute Gasteiger partial charge is 0.333 e. The Kier molecular flexibility index (Phi) is 2.73. The molecule has 1 saturated carbocycles. The Morgan fingerprint density at radius 3 is 2.80 bits per heavy atom. The molecule has 0 aromatic carbocycles. The van der Waals surface area contributed by atoms with E-state index in [1.807, 2.05) is 12.3 Å². The predicted octanol–water partition coefficient (Wildman–Crippen LogP) is 2.45. The Morgan fingerprint density at radius 2 is 2.40 bits per heavy atom. The van der Waals surface area contributed by atoms with Crippen molar-refractivity contribution in [1.82, 2.24) is 5.32 Å². The summed E-state index contributed by atoms with van der Waals surface area (Å²) in [6.45, 7) is 1.98. The number of hydrogen-bond donors (Lipinski definition) is 1. The molecule has 1 heterocycles. The van der Waals surface area contributed by atoms with Crippen molar-refractivity contribution in [3.05, 3.63) is 19.4 Å². The number of carbonyl (C=O) groups is 1. The number of carbonyl (C=O) groups excluding carboxylic acids is 1. The van der Waals surface area contributed by atoms with Crippen LogP contribution in [0.15, 0.2) is 5.38 Å². The second-order valence-electron chi connectivity index (χ2n) is 3.71. The number of hydrogen-bond acceptors (Lipinski definition) is 3. The quantitative estimate of drug-likeness (QED) is 0.846. The molecule has 1 amide bonds. The molecule has 15 heavy (non-hydrogen) atoms. The Labute approximate surface area is 106 Å². The van der Waals surface area contributed by atoms with Gasteiger partial charge in [0.2, 0.25) is 0 Å². The fourth-order valence-corrected chi connectivity index (χ4v) is 3.08. The number of rotatable bonds is 2. The minimum absolute atomic E-state index is 0.114. The number of amides is 1. The fourth-order valence-electron chi connectivity index (χ4n) is 1.25. The number of aryl methyl sites for hydroxylation is 1. The fraction of sp³-hybridized carbons (Fsp3) is 0.400. The van der Waals surface area contributed by atoms with Crippen LogP contribution in [0.1, 0.15) is 28.1 Å². The summed E-state index contributed by atoms with van der Waals surface area (Å²) in [4.78, 5) is 12.6. The van der Waals surface area contributed by atoms with Crippen LogP contribution in [0.3, 0.4) is 0 Å².